The quantitative estimate of drug-likeness (QED) is 0.652. The Bertz CT molecular complexity index is 291. The number of nitrogens with zero attached hydrogens (tertiary/aromatic N) is 2. The molecule has 0 bridgehead atoms. The van der Waals surface area contributed by atoms with Crippen LogP contribution in [0.4, 0.5) is 0 Å². The van der Waals surface area contributed by atoms with Gasteiger partial charge in [0, 0.05) is 12.4 Å². The van der Waals surface area contributed by atoms with E-state index in [1.54, 1.807) is 18.7 Å². The number of methoxy groups -OCH3 is 1. The first-order chi connectivity index (χ1) is 6.33. The highest BCUT2D eigenvalue weighted by atomic mass is 16.5. The number of hydrogen-bond acceptors (Lipinski definition) is 3. The fourth-order valence-corrected chi connectivity index (χ4v) is 1.52. The van der Waals surface area contributed by atoms with Crippen molar-refractivity contribution in [2.45, 2.75) is 18.9 Å². The van der Waals surface area contributed by atoms with Gasteiger partial charge in [-0.1, -0.05) is 0 Å². The second-order valence-corrected chi connectivity index (χ2v) is 3.32. The lowest BCUT2D eigenvalue weighted by Gasteiger charge is -2.14. The van der Waals surface area contributed by atoms with E-state index >= 15 is 0 Å². The van der Waals surface area contributed by atoms with Crippen LogP contribution in [0.15, 0.2) is 18.7 Å². The van der Waals surface area contributed by atoms with Crippen LogP contribution >= 0.6 is 0 Å². The minimum Gasteiger partial charge on any atom is -0.467 e. The largest absolute Gasteiger partial charge is 0.467 e. The van der Waals surface area contributed by atoms with Gasteiger partial charge in [0.15, 0.2) is 0 Å². The molecule has 0 saturated heterocycles. The molecule has 0 radical (unpaired) electrons. The van der Waals surface area contributed by atoms with Crippen molar-refractivity contribution in [2.75, 3.05) is 7.11 Å². The minimum absolute atomic E-state index is 0.160. The molecule has 1 aliphatic rings. The Hall–Kier alpha value is -1.32. The molecule has 1 aromatic heterocycles. The van der Waals surface area contributed by atoms with Gasteiger partial charge >= 0.3 is 5.97 Å². The van der Waals surface area contributed by atoms with Crippen molar-refractivity contribution >= 4 is 5.97 Å². The van der Waals surface area contributed by atoms with Crippen LogP contribution < -0.4 is 0 Å². The van der Waals surface area contributed by atoms with Crippen LogP contribution in [0.1, 0.15) is 18.9 Å². The lowest BCUT2D eigenvalue weighted by Crippen LogP contribution is -2.21. The van der Waals surface area contributed by atoms with Crippen LogP contribution in [0.2, 0.25) is 0 Å². The lowest BCUT2D eigenvalue weighted by atomic mass is 10.2. The Kier molecular flexibility index (Phi) is 2.04. The number of rotatable bonds is 3. The number of ether oxygens (including phenoxy) is 1. The van der Waals surface area contributed by atoms with Crippen LogP contribution in [0.3, 0.4) is 0 Å². The minimum atomic E-state index is -0.166. The van der Waals surface area contributed by atoms with E-state index in [4.69, 9.17) is 4.74 Å². The van der Waals surface area contributed by atoms with Crippen molar-refractivity contribution < 1.29 is 9.53 Å². The van der Waals surface area contributed by atoms with Crippen LogP contribution in [0, 0.1) is 5.92 Å². The Morgan fingerprint density at radius 2 is 2.46 bits per heavy atom. The van der Waals surface area contributed by atoms with Gasteiger partial charge in [-0.05, 0) is 18.8 Å². The molecule has 1 atom stereocenters. The average Bonchev–Trinajstić information content (AvgIpc) is 2.81. The first-order valence-electron chi connectivity index (χ1n) is 4.38. The molecule has 1 saturated carbocycles. The zero-order chi connectivity index (χ0) is 9.26. The molecule has 1 fully saturated rings. The molecule has 2 rings (SSSR count). The van der Waals surface area contributed by atoms with Crippen LogP contribution in [-0.2, 0) is 9.53 Å². The maximum Gasteiger partial charge on any atom is 0.329 e. The summed E-state index contributed by atoms with van der Waals surface area (Å²) >= 11 is 0. The monoisotopic (exact) mass is 180 g/mol. The van der Waals surface area contributed by atoms with E-state index in [-0.39, 0.29) is 12.0 Å². The Balaban J connectivity index is 2.18. The predicted molar refractivity (Wildman–Crippen MR) is 46.0 cm³/mol. The maximum atomic E-state index is 11.4. The van der Waals surface area contributed by atoms with E-state index in [0.29, 0.717) is 5.92 Å². The van der Waals surface area contributed by atoms with Crippen molar-refractivity contribution in [1.82, 2.24) is 9.55 Å². The smallest absolute Gasteiger partial charge is 0.329 e. The molecule has 0 spiro atoms. The molecule has 0 N–H and O–H groups in total. The third-order valence-electron chi connectivity index (χ3n) is 2.36. The Labute approximate surface area is 76.5 Å². The van der Waals surface area contributed by atoms with Gasteiger partial charge in [-0.25, -0.2) is 9.78 Å². The fraction of sp³-hybridized carbons (Fsp3) is 0.556. The van der Waals surface area contributed by atoms with Gasteiger partial charge in [0.1, 0.15) is 6.04 Å². The van der Waals surface area contributed by atoms with Gasteiger partial charge in [-0.15, -0.1) is 0 Å². The number of imidazole rings is 1. The first-order valence-corrected chi connectivity index (χ1v) is 4.38. The third kappa shape index (κ3) is 1.56. The normalized spacial score (nSPS) is 18.2. The first kappa shape index (κ1) is 8.29. The van der Waals surface area contributed by atoms with E-state index in [1.165, 1.54) is 7.11 Å². The van der Waals surface area contributed by atoms with Crippen molar-refractivity contribution in [3.05, 3.63) is 18.7 Å². The molecule has 70 valence electrons. The van der Waals surface area contributed by atoms with Gasteiger partial charge < -0.3 is 9.30 Å². The van der Waals surface area contributed by atoms with Crippen LogP contribution in [0.25, 0.3) is 0 Å². The molecule has 1 aliphatic carbocycles. The fourth-order valence-electron chi connectivity index (χ4n) is 1.52. The van der Waals surface area contributed by atoms with E-state index in [9.17, 15) is 4.79 Å². The SMILES string of the molecule is COC(=O)C(C1CC1)n1ccnc1. The third-order valence-corrected chi connectivity index (χ3v) is 2.36. The number of aromatic nitrogens is 2. The second kappa shape index (κ2) is 3.20. The van der Waals surface area contributed by atoms with E-state index in [2.05, 4.69) is 4.98 Å². The molecule has 1 aromatic rings. The van der Waals surface area contributed by atoms with Gasteiger partial charge in [-0.3, -0.25) is 0 Å². The van der Waals surface area contributed by atoms with Crippen molar-refractivity contribution in [2.24, 2.45) is 5.92 Å². The molecular formula is C9H12N2O2. The van der Waals surface area contributed by atoms with Crippen LogP contribution in [0.5, 0.6) is 0 Å². The maximum absolute atomic E-state index is 11.4. The highest BCUT2D eigenvalue weighted by Crippen LogP contribution is 2.40. The topological polar surface area (TPSA) is 44.1 Å². The number of hydrogen-bond donors (Lipinski definition) is 0. The Morgan fingerprint density at radius 1 is 1.69 bits per heavy atom. The molecule has 0 amide bonds. The summed E-state index contributed by atoms with van der Waals surface area (Å²) in [5, 5.41) is 0. The second-order valence-electron chi connectivity index (χ2n) is 3.32. The molecule has 1 unspecified atom stereocenters. The highest BCUT2D eigenvalue weighted by Gasteiger charge is 2.37. The summed E-state index contributed by atoms with van der Waals surface area (Å²) in [6.07, 6.45) is 7.37. The molecule has 13 heavy (non-hydrogen) atoms. The molecular weight excluding hydrogens is 168 g/mol. The predicted octanol–water partition coefficient (Wildman–Crippen LogP) is 1.01. The summed E-state index contributed by atoms with van der Waals surface area (Å²) in [6.45, 7) is 0. The number of carbonyl (C=O) groups excluding carboxylic acids is 1. The zero-order valence-corrected chi connectivity index (χ0v) is 7.51. The number of esters is 1. The highest BCUT2D eigenvalue weighted by molar-refractivity contribution is 5.74. The molecule has 0 aromatic carbocycles. The van der Waals surface area contributed by atoms with Crippen molar-refractivity contribution in [1.29, 1.82) is 0 Å². The van der Waals surface area contributed by atoms with Crippen molar-refractivity contribution in [3.63, 3.8) is 0 Å². The zero-order valence-electron chi connectivity index (χ0n) is 7.51. The standard InChI is InChI=1S/C9H12N2O2/c1-13-9(12)8(7-2-3-7)11-5-4-10-6-11/h4-8H,2-3H2,1H3. The molecule has 1 heterocycles. The Morgan fingerprint density at radius 3 is 2.92 bits per heavy atom. The summed E-state index contributed by atoms with van der Waals surface area (Å²) in [4.78, 5) is 15.3. The summed E-state index contributed by atoms with van der Waals surface area (Å²) in [5.41, 5.74) is 0. The summed E-state index contributed by atoms with van der Waals surface area (Å²) in [7, 11) is 1.43. The van der Waals surface area contributed by atoms with Gasteiger partial charge in [0.05, 0.1) is 13.4 Å². The summed E-state index contributed by atoms with van der Waals surface area (Å²) in [5.74, 6) is 0.280. The summed E-state index contributed by atoms with van der Waals surface area (Å²) < 4.78 is 6.57. The molecule has 4 nitrogen and oxygen atoms in total. The van der Waals surface area contributed by atoms with Gasteiger partial charge in [-0.2, -0.15) is 0 Å². The van der Waals surface area contributed by atoms with Gasteiger partial charge in [0.2, 0.25) is 0 Å². The summed E-state index contributed by atoms with van der Waals surface area (Å²) in [6, 6.07) is -0.160. The van der Waals surface area contributed by atoms with E-state index < -0.39 is 0 Å². The van der Waals surface area contributed by atoms with Gasteiger partial charge in [0.25, 0.3) is 0 Å². The van der Waals surface area contributed by atoms with Crippen molar-refractivity contribution in [3.8, 4) is 0 Å². The lowest BCUT2D eigenvalue weighted by molar-refractivity contribution is -0.145. The van der Waals surface area contributed by atoms with Crippen LogP contribution in [-0.4, -0.2) is 22.6 Å². The molecule has 4 heteroatoms. The average molecular weight is 180 g/mol. The molecule has 0 aliphatic heterocycles. The van der Waals surface area contributed by atoms with E-state index in [0.717, 1.165) is 12.8 Å². The van der Waals surface area contributed by atoms with E-state index in [1.807, 2.05) is 4.57 Å². The number of carbonyl (C=O) groups is 1.